The Hall–Kier alpha value is -3.01. The molecule has 4 heterocycles. The van der Waals surface area contributed by atoms with Crippen molar-refractivity contribution in [3.05, 3.63) is 42.1 Å². The zero-order valence-corrected chi connectivity index (χ0v) is 17.2. The number of aryl methyl sites for hydroxylation is 1. The molecule has 4 rings (SSSR count). The zero-order valence-electron chi connectivity index (χ0n) is 16.3. The lowest BCUT2D eigenvalue weighted by Crippen LogP contribution is -2.29. The van der Waals surface area contributed by atoms with Crippen LogP contribution in [0.1, 0.15) is 11.3 Å². The number of anilines is 2. The van der Waals surface area contributed by atoms with E-state index in [-0.39, 0.29) is 12.0 Å². The van der Waals surface area contributed by atoms with E-state index in [4.69, 9.17) is 4.74 Å². The van der Waals surface area contributed by atoms with E-state index >= 15 is 0 Å². The van der Waals surface area contributed by atoms with Gasteiger partial charge in [-0.15, -0.1) is 11.3 Å². The van der Waals surface area contributed by atoms with Gasteiger partial charge in [0.1, 0.15) is 11.9 Å². The van der Waals surface area contributed by atoms with Crippen LogP contribution < -0.4 is 10.1 Å². The molecule has 30 heavy (non-hydrogen) atoms. The summed E-state index contributed by atoms with van der Waals surface area (Å²) in [7, 11) is 0. The largest absolute Gasteiger partial charge is 0.472 e. The Balaban J connectivity index is 1.65. The lowest BCUT2D eigenvalue weighted by molar-refractivity contribution is -0.125. The number of nitrogens with zero attached hydrogens (tertiary/aromatic N) is 4. The summed E-state index contributed by atoms with van der Waals surface area (Å²) in [6, 6.07) is 3.43. The van der Waals surface area contributed by atoms with E-state index in [9.17, 15) is 13.6 Å². The van der Waals surface area contributed by atoms with Crippen LogP contribution in [0.5, 0.6) is 5.88 Å². The summed E-state index contributed by atoms with van der Waals surface area (Å²) in [6.07, 6.45) is 2.56. The van der Waals surface area contributed by atoms with E-state index < -0.39 is 13.0 Å². The third-order valence-corrected chi connectivity index (χ3v) is 5.66. The van der Waals surface area contributed by atoms with E-state index in [0.717, 1.165) is 4.88 Å². The van der Waals surface area contributed by atoms with E-state index in [1.807, 2.05) is 6.92 Å². The van der Waals surface area contributed by atoms with Crippen LogP contribution in [0.15, 0.2) is 37.2 Å². The lowest BCUT2D eigenvalue weighted by Gasteiger charge is -2.16. The Labute approximate surface area is 176 Å². The number of halogens is 2. The number of pyridine rings is 1. The summed E-state index contributed by atoms with van der Waals surface area (Å²) in [5.41, 5.74) is 0.591. The van der Waals surface area contributed by atoms with E-state index in [1.54, 1.807) is 29.4 Å². The van der Waals surface area contributed by atoms with Crippen molar-refractivity contribution in [2.45, 2.75) is 32.4 Å². The van der Waals surface area contributed by atoms with Crippen molar-refractivity contribution in [3.63, 3.8) is 0 Å². The fourth-order valence-corrected chi connectivity index (χ4v) is 4.12. The third-order valence-electron chi connectivity index (χ3n) is 4.83. The van der Waals surface area contributed by atoms with Crippen LogP contribution in [0.3, 0.4) is 0 Å². The van der Waals surface area contributed by atoms with Crippen LogP contribution in [0.2, 0.25) is 0 Å². The molecule has 0 spiro atoms. The summed E-state index contributed by atoms with van der Waals surface area (Å²) >= 11 is 1.47. The molecular weight excluding hydrogens is 412 g/mol. The fourth-order valence-electron chi connectivity index (χ4n) is 3.45. The molecule has 1 aliphatic heterocycles. The maximum atomic E-state index is 13.0. The highest BCUT2D eigenvalue weighted by Gasteiger charge is 2.27. The second kappa shape index (κ2) is 8.39. The van der Waals surface area contributed by atoms with Crippen molar-refractivity contribution >= 4 is 39.1 Å². The minimum absolute atomic E-state index is 0.142. The molecule has 1 fully saturated rings. The maximum absolute atomic E-state index is 13.0. The molecule has 1 N–H and O–H groups in total. The number of aromatic nitrogens is 3. The number of thiazole rings is 1. The summed E-state index contributed by atoms with van der Waals surface area (Å²) in [5, 5.41) is 4.42. The van der Waals surface area contributed by atoms with Crippen molar-refractivity contribution in [2.24, 2.45) is 0 Å². The minimum atomic E-state index is -2.48. The van der Waals surface area contributed by atoms with Gasteiger partial charge in [-0.25, -0.2) is 13.8 Å². The molecule has 0 radical (unpaired) electrons. The number of carbonyl (C=O) groups excluding carboxylic acids is 1. The number of fused-ring (bicyclic) bond motifs is 1. The summed E-state index contributed by atoms with van der Waals surface area (Å²) < 4.78 is 33.6. The minimum Gasteiger partial charge on any atom is -0.472 e. The van der Waals surface area contributed by atoms with E-state index in [1.165, 1.54) is 22.0 Å². The number of ether oxygens (including phenoxy) is 1. The average Bonchev–Trinajstić information content (AvgIpc) is 3.42. The number of carbonyl (C=O) groups is 1. The molecule has 3 aromatic heterocycles. The number of hydrogen-bond donors (Lipinski definition) is 1. The molecule has 3 aromatic rings. The highest BCUT2D eigenvalue weighted by Crippen LogP contribution is 2.32. The second-order valence-corrected chi connectivity index (χ2v) is 8.26. The van der Waals surface area contributed by atoms with Gasteiger partial charge in [-0.1, -0.05) is 6.58 Å². The van der Waals surface area contributed by atoms with Crippen LogP contribution in [-0.4, -0.2) is 51.0 Å². The predicted molar refractivity (Wildman–Crippen MR) is 112 cm³/mol. The van der Waals surface area contributed by atoms with Crippen LogP contribution in [-0.2, 0) is 11.3 Å². The first-order chi connectivity index (χ1) is 14.4. The Morgan fingerprint density at radius 2 is 2.37 bits per heavy atom. The Morgan fingerprint density at radius 3 is 3.07 bits per heavy atom. The van der Waals surface area contributed by atoms with E-state index in [2.05, 4.69) is 21.9 Å². The number of alkyl halides is 2. The summed E-state index contributed by atoms with van der Waals surface area (Å²) in [6.45, 7) is 6.03. The van der Waals surface area contributed by atoms with Gasteiger partial charge in [0.05, 0.1) is 24.0 Å². The van der Waals surface area contributed by atoms with Crippen LogP contribution in [0.25, 0.3) is 10.9 Å². The lowest BCUT2D eigenvalue weighted by atomic mass is 10.3. The summed E-state index contributed by atoms with van der Waals surface area (Å²) in [4.78, 5) is 23.4. The van der Waals surface area contributed by atoms with Gasteiger partial charge in [0.15, 0.2) is 5.13 Å². The number of rotatable bonds is 7. The van der Waals surface area contributed by atoms with Crippen LogP contribution in [0.4, 0.5) is 19.7 Å². The third kappa shape index (κ3) is 4.28. The fraction of sp³-hybridized carbons (Fsp3) is 0.350. The van der Waals surface area contributed by atoms with Gasteiger partial charge in [-0.05, 0) is 19.1 Å². The van der Waals surface area contributed by atoms with Gasteiger partial charge in [0.25, 0.3) is 6.43 Å². The van der Waals surface area contributed by atoms with Gasteiger partial charge in [-0.2, -0.15) is 4.98 Å². The van der Waals surface area contributed by atoms with Crippen molar-refractivity contribution in [1.82, 2.24) is 19.4 Å². The Morgan fingerprint density at radius 1 is 1.53 bits per heavy atom. The molecule has 7 nitrogen and oxygen atoms in total. The van der Waals surface area contributed by atoms with Crippen molar-refractivity contribution in [1.29, 1.82) is 0 Å². The van der Waals surface area contributed by atoms with Crippen molar-refractivity contribution in [2.75, 3.05) is 18.4 Å². The van der Waals surface area contributed by atoms with Crippen LogP contribution >= 0.6 is 11.3 Å². The molecule has 0 bridgehead atoms. The molecule has 1 amide bonds. The number of amides is 1. The highest BCUT2D eigenvalue weighted by atomic mass is 32.1. The molecule has 1 atom stereocenters. The molecule has 1 aliphatic rings. The number of hydrogen-bond acceptors (Lipinski definition) is 6. The first kappa shape index (κ1) is 20.3. The monoisotopic (exact) mass is 433 g/mol. The molecule has 0 aromatic carbocycles. The molecule has 0 aliphatic carbocycles. The standard InChI is InChI=1S/C20H21F2N5O2S/c1-3-18(28)27-6-4-13(10-27)29-19-14-5-7-26(11-16(21)22)15(14)8-17(24-19)25-20-23-9-12(2)30-20/h3,5,7-9,13,16H,1,4,6,10-11H2,2H3,(H,23,24,25)/t13-/m0/s1. The van der Waals surface area contributed by atoms with Crippen molar-refractivity contribution in [3.8, 4) is 5.88 Å². The highest BCUT2D eigenvalue weighted by molar-refractivity contribution is 7.15. The normalized spacial score (nSPS) is 16.4. The quantitative estimate of drug-likeness (QED) is 0.571. The van der Waals surface area contributed by atoms with Gasteiger partial charge in [0, 0.05) is 36.3 Å². The van der Waals surface area contributed by atoms with Gasteiger partial charge < -0.3 is 19.5 Å². The molecular formula is C20H21F2N5O2S. The Kier molecular flexibility index (Phi) is 5.67. The first-order valence-corrected chi connectivity index (χ1v) is 10.3. The van der Waals surface area contributed by atoms with Gasteiger partial charge in [0.2, 0.25) is 11.8 Å². The first-order valence-electron chi connectivity index (χ1n) is 9.48. The molecule has 0 unspecified atom stereocenters. The topological polar surface area (TPSA) is 72.3 Å². The van der Waals surface area contributed by atoms with Crippen molar-refractivity contribution < 1.29 is 18.3 Å². The van der Waals surface area contributed by atoms with Gasteiger partial charge in [-0.3, -0.25) is 4.79 Å². The average molecular weight is 433 g/mol. The SMILES string of the molecule is C=CC(=O)N1CC[C@H](Oc2nc(Nc3ncc(C)s3)cc3c2ccn3CC(F)F)C1. The van der Waals surface area contributed by atoms with Crippen LogP contribution in [0, 0.1) is 6.92 Å². The number of nitrogens with one attached hydrogen (secondary N) is 1. The van der Waals surface area contributed by atoms with Gasteiger partial charge >= 0.3 is 0 Å². The Bertz CT molecular complexity index is 1080. The van der Waals surface area contributed by atoms with E-state index in [0.29, 0.717) is 47.2 Å². The zero-order chi connectivity index (χ0) is 21.3. The molecule has 158 valence electrons. The number of likely N-dealkylation sites (tertiary alicyclic amines) is 1. The molecule has 1 saturated heterocycles. The predicted octanol–water partition coefficient (Wildman–Crippen LogP) is 3.98. The molecule has 0 saturated carbocycles. The maximum Gasteiger partial charge on any atom is 0.256 e. The second-order valence-electron chi connectivity index (χ2n) is 7.02. The smallest absolute Gasteiger partial charge is 0.256 e. The molecule has 10 heteroatoms. The summed E-state index contributed by atoms with van der Waals surface area (Å²) in [5.74, 6) is 0.657.